The Hall–Kier alpha value is -1.91. The second-order valence-electron chi connectivity index (χ2n) is 6.56. The summed E-state index contributed by atoms with van der Waals surface area (Å²) in [6, 6.07) is 5.76. The lowest BCUT2D eigenvalue weighted by atomic mass is 10.1. The zero-order valence-electron chi connectivity index (χ0n) is 14.6. The number of carbonyl (C=O) groups excluding carboxylic acids is 2. The minimum Gasteiger partial charge on any atom is -0.352 e. The highest BCUT2D eigenvalue weighted by molar-refractivity contribution is 5.87. The predicted molar refractivity (Wildman–Crippen MR) is 91.7 cm³/mol. The Bertz CT molecular complexity index is 553. The van der Waals surface area contributed by atoms with Crippen molar-refractivity contribution in [1.82, 2.24) is 10.2 Å². The van der Waals surface area contributed by atoms with Crippen LogP contribution in [-0.2, 0) is 16.1 Å². The number of benzene rings is 1. The van der Waals surface area contributed by atoms with Crippen molar-refractivity contribution in [3.8, 4) is 0 Å². The topological polar surface area (TPSA) is 49.4 Å². The van der Waals surface area contributed by atoms with Crippen molar-refractivity contribution in [1.29, 1.82) is 0 Å². The molecule has 0 saturated heterocycles. The number of rotatable bonds is 7. The van der Waals surface area contributed by atoms with Gasteiger partial charge in [0.1, 0.15) is 11.9 Å². The van der Waals surface area contributed by atoms with Gasteiger partial charge in [-0.15, -0.1) is 0 Å². The van der Waals surface area contributed by atoms with Crippen LogP contribution >= 0.6 is 0 Å². The van der Waals surface area contributed by atoms with Crippen LogP contribution in [0.2, 0.25) is 0 Å². The van der Waals surface area contributed by atoms with Gasteiger partial charge in [-0.3, -0.25) is 9.59 Å². The third-order valence-electron chi connectivity index (χ3n) is 4.60. The monoisotopic (exact) mass is 334 g/mol. The first-order valence-corrected chi connectivity index (χ1v) is 8.85. The minimum absolute atomic E-state index is 0.0455. The van der Waals surface area contributed by atoms with Crippen LogP contribution in [0.3, 0.4) is 0 Å². The van der Waals surface area contributed by atoms with E-state index in [1.165, 1.54) is 12.1 Å². The summed E-state index contributed by atoms with van der Waals surface area (Å²) in [5.41, 5.74) is 0.821. The number of halogens is 1. The van der Waals surface area contributed by atoms with Crippen molar-refractivity contribution >= 4 is 11.8 Å². The summed E-state index contributed by atoms with van der Waals surface area (Å²) in [5.74, 6) is -0.457. The predicted octanol–water partition coefficient (Wildman–Crippen LogP) is 3.40. The highest BCUT2D eigenvalue weighted by Gasteiger charge is 2.27. The van der Waals surface area contributed by atoms with Gasteiger partial charge < -0.3 is 10.2 Å². The summed E-state index contributed by atoms with van der Waals surface area (Å²) in [5, 5.41) is 3.06. The third-order valence-corrected chi connectivity index (χ3v) is 4.60. The fourth-order valence-electron chi connectivity index (χ4n) is 3.12. The molecule has 2 amide bonds. The van der Waals surface area contributed by atoms with Gasteiger partial charge in [-0.25, -0.2) is 4.39 Å². The van der Waals surface area contributed by atoms with Gasteiger partial charge in [0, 0.05) is 19.0 Å². The first kappa shape index (κ1) is 18.4. The van der Waals surface area contributed by atoms with E-state index in [1.807, 2.05) is 6.92 Å². The van der Waals surface area contributed by atoms with Crippen molar-refractivity contribution in [2.75, 3.05) is 0 Å². The number of hydrogen-bond donors (Lipinski definition) is 1. The molecule has 0 radical (unpaired) electrons. The van der Waals surface area contributed by atoms with Crippen LogP contribution in [0.5, 0.6) is 0 Å². The summed E-state index contributed by atoms with van der Waals surface area (Å²) in [4.78, 5) is 26.6. The molecule has 0 aromatic heterocycles. The molecule has 0 heterocycles. The molecule has 1 aliphatic rings. The lowest BCUT2D eigenvalue weighted by Crippen LogP contribution is -2.49. The summed E-state index contributed by atoms with van der Waals surface area (Å²) < 4.78 is 13.1. The molecule has 5 heteroatoms. The molecular weight excluding hydrogens is 307 g/mol. The van der Waals surface area contributed by atoms with Gasteiger partial charge in [0.05, 0.1) is 0 Å². The normalized spacial score (nSPS) is 16.0. The molecular formula is C19H27FN2O2. The zero-order chi connectivity index (χ0) is 17.5. The molecule has 0 unspecified atom stereocenters. The Morgan fingerprint density at radius 1 is 1.25 bits per heavy atom. The summed E-state index contributed by atoms with van der Waals surface area (Å²) in [6.07, 6.45) is 5.46. The quantitative estimate of drug-likeness (QED) is 0.831. The second kappa shape index (κ2) is 8.81. The Kier molecular flexibility index (Phi) is 6.76. The smallest absolute Gasteiger partial charge is 0.242 e. The molecule has 4 nitrogen and oxygen atoms in total. The van der Waals surface area contributed by atoms with Gasteiger partial charge in [-0.05, 0) is 43.9 Å². The fraction of sp³-hybridized carbons (Fsp3) is 0.579. The third kappa shape index (κ3) is 5.05. The van der Waals surface area contributed by atoms with Gasteiger partial charge in [0.15, 0.2) is 0 Å². The van der Waals surface area contributed by atoms with Crippen molar-refractivity contribution in [2.45, 2.75) is 71.0 Å². The first-order chi connectivity index (χ1) is 11.5. The van der Waals surface area contributed by atoms with Crippen LogP contribution in [0.25, 0.3) is 0 Å². The molecule has 0 bridgehead atoms. The van der Waals surface area contributed by atoms with Gasteiger partial charge in [-0.2, -0.15) is 0 Å². The average molecular weight is 334 g/mol. The Morgan fingerprint density at radius 2 is 1.88 bits per heavy atom. The zero-order valence-corrected chi connectivity index (χ0v) is 14.6. The SMILES string of the molecule is CCCC(=O)N(Cc1ccc(F)cc1)[C@H](C)C(=O)NC1CCCC1. The largest absolute Gasteiger partial charge is 0.352 e. The van der Waals surface area contributed by atoms with Crippen LogP contribution in [0.4, 0.5) is 4.39 Å². The minimum atomic E-state index is -0.533. The van der Waals surface area contributed by atoms with Crippen LogP contribution < -0.4 is 5.32 Å². The van der Waals surface area contributed by atoms with Gasteiger partial charge in [0.25, 0.3) is 0 Å². The molecule has 1 N–H and O–H groups in total. The van der Waals surface area contributed by atoms with Crippen molar-refractivity contribution < 1.29 is 14.0 Å². The van der Waals surface area contributed by atoms with Crippen LogP contribution in [0.15, 0.2) is 24.3 Å². The lowest BCUT2D eigenvalue weighted by Gasteiger charge is -2.29. The standard InChI is InChI=1S/C19H27FN2O2/c1-3-6-18(23)22(13-15-9-11-16(20)12-10-15)14(2)19(24)21-17-7-4-5-8-17/h9-12,14,17H,3-8,13H2,1-2H3,(H,21,24)/t14-/m1/s1. The van der Waals surface area contributed by atoms with Crippen molar-refractivity contribution in [2.24, 2.45) is 0 Å². The van der Waals surface area contributed by atoms with Gasteiger partial charge in [-0.1, -0.05) is 31.9 Å². The maximum absolute atomic E-state index is 13.1. The van der Waals surface area contributed by atoms with E-state index in [4.69, 9.17) is 0 Å². The first-order valence-electron chi connectivity index (χ1n) is 8.85. The molecule has 1 aromatic rings. The van der Waals surface area contributed by atoms with E-state index in [2.05, 4.69) is 5.32 Å². The maximum atomic E-state index is 13.1. The molecule has 1 saturated carbocycles. The molecule has 2 rings (SSSR count). The summed E-state index contributed by atoms with van der Waals surface area (Å²) in [6.45, 7) is 4.02. The van der Waals surface area contributed by atoms with Crippen LogP contribution in [0.1, 0.15) is 57.9 Å². The molecule has 1 fully saturated rings. The Labute approximate surface area is 143 Å². The van der Waals surface area contributed by atoms with E-state index in [-0.39, 0.29) is 23.7 Å². The highest BCUT2D eigenvalue weighted by atomic mass is 19.1. The van der Waals surface area contributed by atoms with Crippen LogP contribution in [-0.4, -0.2) is 28.8 Å². The summed E-state index contributed by atoms with van der Waals surface area (Å²) in [7, 11) is 0. The lowest BCUT2D eigenvalue weighted by molar-refractivity contribution is -0.140. The fourth-order valence-corrected chi connectivity index (χ4v) is 3.12. The van der Waals surface area contributed by atoms with E-state index in [0.29, 0.717) is 13.0 Å². The Morgan fingerprint density at radius 3 is 2.46 bits per heavy atom. The van der Waals surface area contributed by atoms with E-state index in [1.54, 1.807) is 24.0 Å². The number of nitrogens with one attached hydrogen (secondary N) is 1. The number of carbonyl (C=O) groups is 2. The van der Waals surface area contributed by atoms with Crippen LogP contribution in [0, 0.1) is 5.82 Å². The average Bonchev–Trinajstić information content (AvgIpc) is 3.06. The maximum Gasteiger partial charge on any atom is 0.242 e. The van der Waals surface area contributed by atoms with Gasteiger partial charge in [0.2, 0.25) is 11.8 Å². The van der Waals surface area contributed by atoms with Crippen molar-refractivity contribution in [3.05, 3.63) is 35.6 Å². The summed E-state index contributed by atoms with van der Waals surface area (Å²) >= 11 is 0. The van der Waals surface area contributed by atoms with E-state index in [9.17, 15) is 14.0 Å². The number of nitrogens with zero attached hydrogens (tertiary/aromatic N) is 1. The molecule has 24 heavy (non-hydrogen) atoms. The molecule has 1 aromatic carbocycles. The van der Waals surface area contributed by atoms with Crippen molar-refractivity contribution in [3.63, 3.8) is 0 Å². The Balaban J connectivity index is 2.06. The molecule has 1 aliphatic carbocycles. The molecule has 0 aliphatic heterocycles. The number of hydrogen-bond acceptors (Lipinski definition) is 2. The molecule has 0 spiro atoms. The molecule has 132 valence electrons. The van der Waals surface area contributed by atoms with E-state index >= 15 is 0 Å². The highest BCUT2D eigenvalue weighted by Crippen LogP contribution is 2.19. The van der Waals surface area contributed by atoms with E-state index < -0.39 is 6.04 Å². The van der Waals surface area contributed by atoms with Gasteiger partial charge >= 0.3 is 0 Å². The number of amides is 2. The van der Waals surface area contributed by atoms with E-state index in [0.717, 1.165) is 37.7 Å². The second-order valence-corrected chi connectivity index (χ2v) is 6.56. The molecule has 1 atom stereocenters.